The van der Waals surface area contributed by atoms with Gasteiger partial charge in [0.1, 0.15) is 0 Å². The van der Waals surface area contributed by atoms with Gasteiger partial charge in [-0.05, 0) is 23.0 Å². The lowest BCUT2D eigenvalue weighted by atomic mass is 9.86. The Balaban J connectivity index is 1.92. The Bertz CT molecular complexity index is 447. The zero-order valence-electron chi connectivity index (χ0n) is 12.0. The maximum Gasteiger partial charge on any atom is 0.223 e. The molecule has 1 heterocycles. The van der Waals surface area contributed by atoms with E-state index in [2.05, 4.69) is 57.7 Å². The van der Waals surface area contributed by atoms with Crippen LogP contribution in [0.3, 0.4) is 0 Å². The van der Waals surface area contributed by atoms with E-state index in [0.717, 1.165) is 19.5 Å². The standard InChI is InChI=1S/C16H23NOS/c1-16(2,3)13-6-4-12(5-7-13)8-9-17-11-14(19)10-15(17)18/h4-7,14,19H,8-11H2,1-3H3. The van der Waals surface area contributed by atoms with Gasteiger partial charge >= 0.3 is 0 Å². The van der Waals surface area contributed by atoms with Crippen LogP contribution in [0.1, 0.15) is 38.3 Å². The summed E-state index contributed by atoms with van der Waals surface area (Å²) in [5.41, 5.74) is 2.84. The number of hydrogen-bond donors (Lipinski definition) is 1. The molecule has 0 aliphatic carbocycles. The van der Waals surface area contributed by atoms with Gasteiger partial charge in [0.15, 0.2) is 0 Å². The Morgan fingerprint density at radius 1 is 1.26 bits per heavy atom. The molecule has 2 nitrogen and oxygen atoms in total. The number of likely N-dealkylation sites (tertiary alicyclic amines) is 1. The number of rotatable bonds is 3. The molecule has 1 aromatic rings. The van der Waals surface area contributed by atoms with E-state index in [9.17, 15) is 4.79 Å². The van der Waals surface area contributed by atoms with E-state index in [1.165, 1.54) is 11.1 Å². The van der Waals surface area contributed by atoms with Crippen LogP contribution >= 0.6 is 12.6 Å². The van der Waals surface area contributed by atoms with Crippen molar-refractivity contribution in [1.82, 2.24) is 4.90 Å². The highest BCUT2D eigenvalue weighted by Crippen LogP contribution is 2.22. The third kappa shape index (κ3) is 3.75. The van der Waals surface area contributed by atoms with E-state index < -0.39 is 0 Å². The minimum absolute atomic E-state index is 0.197. The molecule has 1 aliphatic heterocycles. The molecule has 0 N–H and O–H groups in total. The van der Waals surface area contributed by atoms with Crippen LogP contribution in [0.25, 0.3) is 0 Å². The molecule has 1 amide bonds. The molecule has 1 aliphatic rings. The summed E-state index contributed by atoms with van der Waals surface area (Å²) in [6, 6.07) is 8.75. The maximum atomic E-state index is 11.7. The first kappa shape index (κ1) is 14.4. The van der Waals surface area contributed by atoms with E-state index in [4.69, 9.17) is 0 Å². The molecular weight excluding hydrogens is 254 g/mol. The molecule has 3 heteroatoms. The van der Waals surface area contributed by atoms with E-state index in [1.54, 1.807) is 0 Å². The summed E-state index contributed by atoms with van der Waals surface area (Å²) in [5.74, 6) is 0.242. The summed E-state index contributed by atoms with van der Waals surface area (Å²) in [7, 11) is 0. The lowest BCUT2D eigenvalue weighted by Gasteiger charge is -2.20. The number of benzene rings is 1. The van der Waals surface area contributed by atoms with Gasteiger partial charge in [0.2, 0.25) is 5.91 Å². The first-order chi connectivity index (χ1) is 8.86. The monoisotopic (exact) mass is 277 g/mol. The summed E-state index contributed by atoms with van der Waals surface area (Å²) >= 11 is 4.37. The predicted octanol–water partition coefficient (Wildman–Crippen LogP) is 3.06. The van der Waals surface area contributed by atoms with Crippen molar-refractivity contribution in [2.45, 2.75) is 44.3 Å². The molecule has 0 radical (unpaired) electrons. The summed E-state index contributed by atoms with van der Waals surface area (Å²) in [6.45, 7) is 8.26. The van der Waals surface area contributed by atoms with Crippen molar-refractivity contribution in [2.24, 2.45) is 0 Å². The quantitative estimate of drug-likeness (QED) is 0.842. The van der Waals surface area contributed by atoms with Crippen LogP contribution in [0.4, 0.5) is 0 Å². The molecule has 0 saturated carbocycles. The van der Waals surface area contributed by atoms with Crippen molar-refractivity contribution in [2.75, 3.05) is 13.1 Å². The van der Waals surface area contributed by atoms with Gasteiger partial charge in [0, 0.05) is 24.8 Å². The Morgan fingerprint density at radius 3 is 2.37 bits per heavy atom. The van der Waals surface area contributed by atoms with Crippen molar-refractivity contribution in [1.29, 1.82) is 0 Å². The normalized spacial score (nSPS) is 20.1. The smallest absolute Gasteiger partial charge is 0.223 e. The van der Waals surface area contributed by atoms with E-state index >= 15 is 0 Å². The Hall–Kier alpha value is -0.960. The van der Waals surface area contributed by atoms with Crippen molar-refractivity contribution in [3.63, 3.8) is 0 Å². The Morgan fingerprint density at radius 2 is 1.89 bits per heavy atom. The molecule has 0 aromatic heterocycles. The van der Waals surface area contributed by atoms with E-state index in [1.807, 2.05) is 4.90 Å². The fraction of sp³-hybridized carbons (Fsp3) is 0.562. The van der Waals surface area contributed by atoms with Gasteiger partial charge in [-0.15, -0.1) is 0 Å². The van der Waals surface area contributed by atoms with Crippen LogP contribution in [0.2, 0.25) is 0 Å². The highest BCUT2D eigenvalue weighted by Gasteiger charge is 2.26. The van der Waals surface area contributed by atoms with Gasteiger partial charge < -0.3 is 4.90 Å². The topological polar surface area (TPSA) is 20.3 Å². The second-order valence-electron chi connectivity index (χ2n) is 6.39. The number of amides is 1. The van der Waals surface area contributed by atoms with E-state index in [0.29, 0.717) is 6.42 Å². The fourth-order valence-corrected chi connectivity index (χ4v) is 2.76. The molecule has 1 atom stereocenters. The number of nitrogens with zero attached hydrogens (tertiary/aromatic N) is 1. The van der Waals surface area contributed by atoms with Crippen molar-refractivity contribution in [3.05, 3.63) is 35.4 Å². The Kier molecular flexibility index (Phi) is 4.24. The molecular formula is C16H23NOS. The predicted molar refractivity (Wildman–Crippen MR) is 82.8 cm³/mol. The average Bonchev–Trinajstić information content (AvgIpc) is 2.65. The first-order valence-corrected chi connectivity index (χ1v) is 7.43. The summed E-state index contributed by atoms with van der Waals surface area (Å²) in [6.07, 6.45) is 1.52. The van der Waals surface area contributed by atoms with Gasteiger partial charge in [-0.3, -0.25) is 4.79 Å². The summed E-state index contributed by atoms with van der Waals surface area (Å²) in [5, 5.41) is 0.218. The van der Waals surface area contributed by atoms with Crippen LogP contribution in [-0.4, -0.2) is 29.1 Å². The highest BCUT2D eigenvalue weighted by molar-refractivity contribution is 7.81. The SMILES string of the molecule is CC(C)(C)c1ccc(CCN2CC(S)CC2=O)cc1. The van der Waals surface area contributed by atoms with E-state index in [-0.39, 0.29) is 16.6 Å². The third-order valence-corrected chi connectivity index (χ3v) is 4.03. The van der Waals surface area contributed by atoms with Crippen LogP contribution in [0, 0.1) is 0 Å². The highest BCUT2D eigenvalue weighted by atomic mass is 32.1. The molecule has 1 unspecified atom stereocenters. The van der Waals surface area contributed by atoms with Crippen LogP contribution in [-0.2, 0) is 16.6 Å². The molecule has 104 valence electrons. The maximum absolute atomic E-state index is 11.7. The molecule has 19 heavy (non-hydrogen) atoms. The van der Waals surface area contributed by atoms with Crippen molar-refractivity contribution >= 4 is 18.5 Å². The molecule has 1 saturated heterocycles. The molecule has 0 bridgehead atoms. The average molecular weight is 277 g/mol. The van der Waals surface area contributed by atoms with Crippen molar-refractivity contribution in [3.8, 4) is 0 Å². The fourth-order valence-electron chi connectivity index (χ4n) is 2.40. The lowest BCUT2D eigenvalue weighted by molar-refractivity contribution is -0.127. The van der Waals surface area contributed by atoms with Gasteiger partial charge in [0.05, 0.1) is 0 Å². The van der Waals surface area contributed by atoms with Gasteiger partial charge in [-0.2, -0.15) is 12.6 Å². The van der Waals surface area contributed by atoms with Crippen LogP contribution in [0.15, 0.2) is 24.3 Å². The molecule has 0 spiro atoms. The summed E-state index contributed by atoms with van der Waals surface area (Å²) < 4.78 is 0. The minimum atomic E-state index is 0.197. The van der Waals surface area contributed by atoms with Gasteiger partial charge in [-0.1, -0.05) is 45.0 Å². The third-order valence-electron chi connectivity index (χ3n) is 3.68. The van der Waals surface area contributed by atoms with Gasteiger partial charge in [-0.25, -0.2) is 0 Å². The second kappa shape index (κ2) is 5.58. The van der Waals surface area contributed by atoms with Crippen molar-refractivity contribution < 1.29 is 4.79 Å². The number of carbonyl (C=O) groups excluding carboxylic acids is 1. The molecule has 1 aromatic carbocycles. The number of hydrogen-bond acceptors (Lipinski definition) is 2. The zero-order chi connectivity index (χ0) is 14.0. The summed E-state index contributed by atoms with van der Waals surface area (Å²) in [4.78, 5) is 13.6. The number of carbonyl (C=O) groups is 1. The lowest BCUT2D eigenvalue weighted by Crippen LogP contribution is -2.27. The zero-order valence-corrected chi connectivity index (χ0v) is 12.9. The Labute approximate surface area is 121 Å². The largest absolute Gasteiger partial charge is 0.341 e. The molecule has 1 fully saturated rings. The molecule has 2 rings (SSSR count). The minimum Gasteiger partial charge on any atom is -0.341 e. The first-order valence-electron chi connectivity index (χ1n) is 6.91. The van der Waals surface area contributed by atoms with Gasteiger partial charge in [0.25, 0.3) is 0 Å². The van der Waals surface area contributed by atoms with Crippen LogP contribution in [0.5, 0.6) is 0 Å². The van der Waals surface area contributed by atoms with Crippen LogP contribution < -0.4 is 0 Å². The second-order valence-corrected chi connectivity index (χ2v) is 7.12. The number of thiol groups is 1.